The lowest BCUT2D eigenvalue weighted by molar-refractivity contribution is -0.140. The Bertz CT molecular complexity index is 959. The lowest BCUT2D eigenvalue weighted by atomic mass is 10.1. The molecule has 4 nitrogen and oxygen atoms in total. The molecule has 0 heterocycles. The molecule has 0 unspecified atom stereocenters. The van der Waals surface area contributed by atoms with Crippen LogP contribution in [0.1, 0.15) is 23.6 Å². The Morgan fingerprint density at radius 2 is 1.40 bits per heavy atom. The number of benzene rings is 3. The molecule has 2 amide bonds. The first-order valence-corrected chi connectivity index (χ1v) is 10.3. The fourth-order valence-electron chi connectivity index (χ4n) is 3.17. The third-order valence-corrected chi connectivity index (χ3v) is 5.19. The summed E-state index contributed by atoms with van der Waals surface area (Å²) in [5.41, 5.74) is 2.86. The van der Waals surface area contributed by atoms with Gasteiger partial charge in [-0.3, -0.25) is 9.59 Å². The van der Waals surface area contributed by atoms with Crippen LogP contribution in [0.5, 0.6) is 0 Å². The standard InChI is InChI=1S/C25H25ClN2O2/c1-19(25(30)27-17-21-12-14-23(26)15-13-21)28(18-22-10-6-3-7-11-22)24(29)16-20-8-4-2-5-9-20/h2-15,19H,16-18H2,1H3,(H,27,30)/t19-/m0/s1. The summed E-state index contributed by atoms with van der Waals surface area (Å²) in [5.74, 6) is -0.276. The topological polar surface area (TPSA) is 49.4 Å². The van der Waals surface area contributed by atoms with Crippen LogP contribution < -0.4 is 5.32 Å². The highest BCUT2D eigenvalue weighted by Crippen LogP contribution is 2.13. The van der Waals surface area contributed by atoms with Gasteiger partial charge in [0.15, 0.2) is 0 Å². The van der Waals surface area contributed by atoms with Crippen molar-refractivity contribution in [3.8, 4) is 0 Å². The van der Waals surface area contributed by atoms with Crippen molar-refractivity contribution in [2.45, 2.75) is 32.5 Å². The molecule has 1 N–H and O–H groups in total. The average molecular weight is 421 g/mol. The molecule has 30 heavy (non-hydrogen) atoms. The van der Waals surface area contributed by atoms with Gasteiger partial charge in [-0.2, -0.15) is 0 Å². The first-order valence-electron chi connectivity index (χ1n) is 9.92. The number of amides is 2. The zero-order chi connectivity index (χ0) is 21.3. The zero-order valence-corrected chi connectivity index (χ0v) is 17.7. The Hall–Kier alpha value is -3.11. The average Bonchev–Trinajstić information content (AvgIpc) is 2.77. The van der Waals surface area contributed by atoms with E-state index in [0.29, 0.717) is 18.1 Å². The summed E-state index contributed by atoms with van der Waals surface area (Å²) in [4.78, 5) is 27.6. The largest absolute Gasteiger partial charge is 0.350 e. The van der Waals surface area contributed by atoms with Gasteiger partial charge >= 0.3 is 0 Å². The maximum atomic E-state index is 13.1. The van der Waals surface area contributed by atoms with Gasteiger partial charge in [0.25, 0.3) is 0 Å². The highest BCUT2D eigenvalue weighted by molar-refractivity contribution is 6.30. The maximum absolute atomic E-state index is 13.1. The van der Waals surface area contributed by atoms with Crippen LogP contribution in [0.15, 0.2) is 84.9 Å². The first kappa shape index (κ1) is 21.6. The smallest absolute Gasteiger partial charge is 0.242 e. The van der Waals surface area contributed by atoms with E-state index in [9.17, 15) is 9.59 Å². The van der Waals surface area contributed by atoms with Crippen LogP contribution in [-0.4, -0.2) is 22.8 Å². The van der Waals surface area contributed by atoms with E-state index >= 15 is 0 Å². The van der Waals surface area contributed by atoms with Gasteiger partial charge in [-0.1, -0.05) is 84.4 Å². The van der Waals surface area contributed by atoms with Crippen molar-refractivity contribution >= 4 is 23.4 Å². The Labute approximate surface area is 182 Å². The molecule has 0 aromatic heterocycles. The van der Waals surface area contributed by atoms with Crippen molar-refractivity contribution in [2.24, 2.45) is 0 Å². The number of hydrogen-bond acceptors (Lipinski definition) is 2. The number of halogens is 1. The molecule has 0 saturated carbocycles. The molecule has 0 aliphatic carbocycles. The molecule has 0 aliphatic heterocycles. The molecule has 3 aromatic carbocycles. The van der Waals surface area contributed by atoms with Crippen LogP contribution >= 0.6 is 11.6 Å². The summed E-state index contributed by atoms with van der Waals surface area (Å²) in [6, 6.07) is 26.0. The van der Waals surface area contributed by atoms with Crippen molar-refractivity contribution < 1.29 is 9.59 Å². The molecular formula is C25H25ClN2O2. The molecule has 1 atom stereocenters. The van der Waals surface area contributed by atoms with Gasteiger partial charge in [0, 0.05) is 18.1 Å². The Morgan fingerprint density at radius 1 is 0.833 bits per heavy atom. The molecule has 5 heteroatoms. The lowest BCUT2D eigenvalue weighted by Crippen LogP contribution is -2.47. The minimum atomic E-state index is -0.603. The van der Waals surface area contributed by atoms with E-state index in [1.54, 1.807) is 24.0 Å². The fraction of sp³-hybridized carbons (Fsp3) is 0.200. The first-order chi connectivity index (χ1) is 14.5. The molecule has 154 valence electrons. The SMILES string of the molecule is C[C@@H](C(=O)NCc1ccc(Cl)cc1)N(Cc1ccccc1)C(=O)Cc1ccccc1. The van der Waals surface area contributed by atoms with Gasteiger partial charge in [0.05, 0.1) is 6.42 Å². The van der Waals surface area contributed by atoms with E-state index in [0.717, 1.165) is 16.7 Å². The third kappa shape index (κ3) is 6.19. The number of hydrogen-bond donors (Lipinski definition) is 1. The second-order valence-electron chi connectivity index (χ2n) is 7.19. The Kier molecular flexibility index (Phi) is 7.63. The van der Waals surface area contributed by atoms with Gasteiger partial charge in [-0.05, 0) is 35.7 Å². The highest BCUT2D eigenvalue weighted by Gasteiger charge is 2.26. The molecule has 0 spiro atoms. The van der Waals surface area contributed by atoms with Crippen molar-refractivity contribution in [1.29, 1.82) is 0 Å². The van der Waals surface area contributed by atoms with Gasteiger partial charge in [-0.15, -0.1) is 0 Å². The van der Waals surface area contributed by atoms with Crippen LogP contribution in [0, 0.1) is 0 Å². The minimum Gasteiger partial charge on any atom is -0.350 e. The Balaban J connectivity index is 1.71. The summed E-state index contributed by atoms with van der Waals surface area (Å²) in [7, 11) is 0. The van der Waals surface area contributed by atoms with Gasteiger partial charge in [0.2, 0.25) is 11.8 Å². The quantitative estimate of drug-likeness (QED) is 0.578. The molecule has 3 rings (SSSR count). The molecule has 0 bridgehead atoms. The molecule has 0 saturated heterocycles. The van der Waals surface area contributed by atoms with Gasteiger partial charge in [-0.25, -0.2) is 0 Å². The summed E-state index contributed by atoms with van der Waals surface area (Å²) < 4.78 is 0. The summed E-state index contributed by atoms with van der Waals surface area (Å²) in [5, 5.41) is 3.58. The van der Waals surface area contributed by atoms with Crippen molar-refractivity contribution in [3.05, 3.63) is 107 Å². The summed E-state index contributed by atoms with van der Waals surface area (Å²) in [6.07, 6.45) is 0.252. The van der Waals surface area contributed by atoms with Crippen LogP contribution in [0.2, 0.25) is 5.02 Å². The molecule has 0 fully saturated rings. The third-order valence-electron chi connectivity index (χ3n) is 4.94. The van der Waals surface area contributed by atoms with Crippen LogP contribution in [-0.2, 0) is 29.1 Å². The van der Waals surface area contributed by atoms with E-state index in [2.05, 4.69) is 5.32 Å². The summed E-state index contributed by atoms with van der Waals surface area (Å²) in [6.45, 7) is 2.53. The van der Waals surface area contributed by atoms with E-state index in [4.69, 9.17) is 11.6 Å². The lowest BCUT2D eigenvalue weighted by Gasteiger charge is -2.29. The predicted molar refractivity (Wildman–Crippen MR) is 120 cm³/mol. The number of carbonyl (C=O) groups excluding carboxylic acids is 2. The molecule has 0 radical (unpaired) electrons. The number of carbonyl (C=O) groups is 2. The second kappa shape index (κ2) is 10.6. The van der Waals surface area contributed by atoms with Gasteiger partial charge < -0.3 is 10.2 Å². The minimum absolute atomic E-state index is 0.0841. The highest BCUT2D eigenvalue weighted by atomic mass is 35.5. The normalized spacial score (nSPS) is 11.5. The molecular weight excluding hydrogens is 396 g/mol. The van der Waals surface area contributed by atoms with Crippen LogP contribution in [0.25, 0.3) is 0 Å². The van der Waals surface area contributed by atoms with Crippen LogP contribution in [0.4, 0.5) is 0 Å². The van der Waals surface area contributed by atoms with E-state index < -0.39 is 6.04 Å². The zero-order valence-electron chi connectivity index (χ0n) is 16.9. The van der Waals surface area contributed by atoms with Gasteiger partial charge in [0.1, 0.15) is 6.04 Å². The Morgan fingerprint density at radius 3 is 2.00 bits per heavy atom. The van der Waals surface area contributed by atoms with Crippen LogP contribution in [0.3, 0.4) is 0 Å². The van der Waals surface area contributed by atoms with Crippen molar-refractivity contribution in [2.75, 3.05) is 0 Å². The van der Waals surface area contributed by atoms with E-state index in [-0.39, 0.29) is 18.2 Å². The van der Waals surface area contributed by atoms with E-state index in [1.165, 1.54) is 0 Å². The molecule has 0 aliphatic rings. The number of nitrogens with zero attached hydrogens (tertiary/aromatic N) is 1. The van der Waals surface area contributed by atoms with Crippen molar-refractivity contribution in [3.63, 3.8) is 0 Å². The second-order valence-corrected chi connectivity index (χ2v) is 7.63. The summed E-state index contributed by atoms with van der Waals surface area (Å²) >= 11 is 5.91. The van der Waals surface area contributed by atoms with Crippen molar-refractivity contribution in [1.82, 2.24) is 10.2 Å². The predicted octanol–water partition coefficient (Wildman–Crippen LogP) is 4.62. The molecule has 3 aromatic rings. The number of nitrogens with one attached hydrogen (secondary N) is 1. The van der Waals surface area contributed by atoms with E-state index in [1.807, 2.05) is 72.8 Å². The maximum Gasteiger partial charge on any atom is 0.242 e. The fourth-order valence-corrected chi connectivity index (χ4v) is 3.30. The number of rotatable bonds is 8. The monoisotopic (exact) mass is 420 g/mol.